The average Bonchev–Trinajstić information content (AvgIpc) is 3.39. The molecule has 38 heavy (non-hydrogen) atoms. The van der Waals surface area contributed by atoms with Crippen LogP contribution in [0.1, 0.15) is 28.5 Å². The minimum absolute atomic E-state index is 0.217. The van der Waals surface area contributed by atoms with Gasteiger partial charge in [0.1, 0.15) is 22.7 Å². The molecule has 1 atom stereocenters. The van der Waals surface area contributed by atoms with Crippen LogP contribution in [0, 0.1) is 0 Å². The number of nitrogens with one attached hydrogen (secondary N) is 1. The number of hydrogen-bond acceptors (Lipinski definition) is 5. The molecule has 0 bridgehead atoms. The quantitative estimate of drug-likeness (QED) is 0.382. The van der Waals surface area contributed by atoms with Crippen LogP contribution in [0.5, 0.6) is 11.5 Å². The SMILES string of the molecule is COc1ccc(CN2C(=O)c3cc(-c4ccccc4)nn3CC2(C)C(=O)NCc2ccccc2OC)cc1. The minimum atomic E-state index is -1.19. The van der Waals surface area contributed by atoms with Gasteiger partial charge in [-0.1, -0.05) is 60.7 Å². The van der Waals surface area contributed by atoms with Gasteiger partial charge in [-0.25, -0.2) is 0 Å². The minimum Gasteiger partial charge on any atom is -0.497 e. The first-order valence-electron chi connectivity index (χ1n) is 12.4. The number of ether oxygens (including phenoxy) is 2. The van der Waals surface area contributed by atoms with Crippen molar-refractivity contribution in [2.45, 2.75) is 32.1 Å². The van der Waals surface area contributed by atoms with E-state index in [1.54, 1.807) is 36.8 Å². The monoisotopic (exact) mass is 510 g/mol. The van der Waals surface area contributed by atoms with E-state index in [1.807, 2.05) is 78.9 Å². The van der Waals surface area contributed by atoms with Crippen LogP contribution < -0.4 is 14.8 Å². The Hall–Kier alpha value is -4.59. The normalized spacial score (nSPS) is 16.6. The van der Waals surface area contributed by atoms with E-state index >= 15 is 0 Å². The fourth-order valence-corrected chi connectivity index (χ4v) is 4.77. The molecule has 1 N–H and O–H groups in total. The first-order valence-corrected chi connectivity index (χ1v) is 12.4. The van der Waals surface area contributed by atoms with Crippen molar-refractivity contribution in [2.24, 2.45) is 0 Å². The average molecular weight is 511 g/mol. The van der Waals surface area contributed by atoms with E-state index in [-0.39, 0.29) is 31.4 Å². The molecule has 0 radical (unpaired) electrons. The zero-order valence-electron chi connectivity index (χ0n) is 21.7. The number of rotatable bonds is 8. The summed E-state index contributed by atoms with van der Waals surface area (Å²) in [5.74, 6) is 0.889. The Morgan fingerprint density at radius 2 is 1.68 bits per heavy atom. The van der Waals surface area contributed by atoms with Crippen LogP contribution >= 0.6 is 0 Å². The third kappa shape index (κ3) is 4.72. The maximum absolute atomic E-state index is 13.9. The number of amides is 2. The van der Waals surface area contributed by atoms with Gasteiger partial charge in [0.2, 0.25) is 5.91 Å². The number of hydrogen-bond donors (Lipinski definition) is 1. The molecule has 1 aliphatic rings. The van der Waals surface area contributed by atoms with Crippen molar-refractivity contribution in [3.63, 3.8) is 0 Å². The van der Waals surface area contributed by atoms with E-state index in [0.29, 0.717) is 17.1 Å². The van der Waals surface area contributed by atoms with Gasteiger partial charge in [-0.3, -0.25) is 14.3 Å². The summed E-state index contributed by atoms with van der Waals surface area (Å²) in [7, 11) is 3.21. The highest BCUT2D eigenvalue weighted by molar-refractivity contribution is 6.00. The highest BCUT2D eigenvalue weighted by atomic mass is 16.5. The van der Waals surface area contributed by atoms with Crippen LogP contribution in [0.2, 0.25) is 0 Å². The topological polar surface area (TPSA) is 85.7 Å². The number of methoxy groups -OCH3 is 2. The van der Waals surface area contributed by atoms with E-state index in [0.717, 1.165) is 22.4 Å². The van der Waals surface area contributed by atoms with Gasteiger partial charge >= 0.3 is 0 Å². The van der Waals surface area contributed by atoms with E-state index in [1.165, 1.54) is 0 Å². The van der Waals surface area contributed by atoms with Crippen LogP contribution in [-0.4, -0.2) is 46.3 Å². The third-order valence-electron chi connectivity index (χ3n) is 6.99. The molecule has 8 heteroatoms. The van der Waals surface area contributed by atoms with Crippen molar-refractivity contribution >= 4 is 11.8 Å². The Bertz CT molecular complexity index is 1450. The number of fused-ring (bicyclic) bond motifs is 1. The third-order valence-corrected chi connectivity index (χ3v) is 6.99. The van der Waals surface area contributed by atoms with Crippen molar-refractivity contribution in [1.82, 2.24) is 20.0 Å². The van der Waals surface area contributed by atoms with E-state index in [9.17, 15) is 9.59 Å². The Labute approximate surface area is 221 Å². The summed E-state index contributed by atoms with van der Waals surface area (Å²) in [5.41, 5.74) is 2.60. The summed E-state index contributed by atoms with van der Waals surface area (Å²) in [5, 5.41) is 7.75. The van der Waals surface area contributed by atoms with Gasteiger partial charge in [0.15, 0.2) is 0 Å². The lowest BCUT2D eigenvalue weighted by Gasteiger charge is -2.43. The van der Waals surface area contributed by atoms with E-state index < -0.39 is 5.54 Å². The number of para-hydroxylation sites is 1. The van der Waals surface area contributed by atoms with Crippen LogP contribution in [-0.2, 0) is 24.4 Å². The highest BCUT2D eigenvalue weighted by Crippen LogP contribution is 2.32. The van der Waals surface area contributed by atoms with Crippen LogP contribution in [0.3, 0.4) is 0 Å². The standard InChI is InChI=1S/C30H30N4O4/c1-30(29(36)31-18-23-11-7-8-12-27(23)38-3)20-34-26(17-25(32-34)22-9-5-4-6-10-22)28(35)33(30)19-21-13-15-24(37-2)16-14-21/h4-17H,18-20H2,1-3H3,(H,31,36). The lowest BCUT2D eigenvalue weighted by molar-refractivity contribution is -0.133. The van der Waals surface area contributed by atoms with Gasteiger partial charge in [0, 0.05) is 24.2 Å². The maximum atomic E-state index is 13.9. The molecule has 8 nitrogen and oxygen atoms in total. The lowest BCUT2D eigenvalue weighted by Crippen LogP contribution is -2.63. The second kappa shape index (κ2) is 10.4. The first-order chi connectivity index (χ1) is 18.4. The molecular formula is C30H30N4O4. The number of aromatic nitrogens is 2. The zero-order valence-corrected chi connectivity index (χ0v) is 21.7. The molecule has 0 saturated heterocycles. The largest absolute Gasteiger partial charge is 0.497 e. The lowest BCUT2D eigenvalue weighted by atomic mass is 9.94. The van der Waals surface area contributed by atoms with Gasteiger partial charge in [-0.05, 0) is 36.8 Å². The van der Waals surface area contributed by atoms with E-state index in [2.05, 4.69) is 5.32 Å². The number of carbonyl (C=O) groups is 2. The van der Waals surface area contributed by atoms with Crippen LogP contribution in [0.15, 0.2) is 84.9 Å². The molecule has 4 aromatic rings. The van der Waals surface area contributed by atoms with Crippen molar-refractivity contribution in [3.8, 4) is 22.8 Å². The highest BCUT2D eigenvalue weighted by Gasteiger charge is 2.48. The Morgan fingerprint density at radius 1 is 0.974 bits per heavy atom. The maximum Gasteiger partial charge on any atom is 0.273 e. The van der Waals surface area contributed by atoms with Crippen molar-refractivity contribution in [3.05, 3.63) is 102 Å². The summed E-state index contributed by atoms with van der Waals surface area (Å²) >= 11 is 0. The predicted molar refractivity (Wildman–Crippen MR) is 144 cm³/mol. The summed E-state index contributed by atoms with van der Waals surface area (Å²) in [6.45, 7) is 2.53. The molecule has 1 aromatic heterocycles. The van der Waals surface area contributed by atoms with Crippen LogP contribution in [0.25, 0.3) is 11.3 Å². The molecule has 194 valence electrons. The zero-order chi connectivity index (χ0) is 26.7. The number of carbonyl (C=O) groups excluding carboxylic acids is 2. The molecule has 1 unspecified atom stereocenters. The van der Waals surface area contributed by atoms with Crippen molar-refractivity contribution < 1.29 is 19.1 Å². The van der Waals surface area contributed by atoms with Gasteiger partial charge in [-0.15, -0.1) is 0 Å². The molecule has 2 heterocycles. The van der Waals surface area contributed by atoms with Crippen LogP contribution in [0.4, 0.5) is 0 Å². The number of benzene rings is 3. The van der Waals surface area contributed by atoms with E-state index in [4.69, 9.17) is 14.6 Å². The van der Waals surface area contributed by atoms with Crippen molar-refractivity contribution in [2.75, 3.05) is 14.2 Å². The number of nitrogens with zero attached hydrogens (tertiary/aromatic N) is 3. The molecule has 5 rings (SSSR count). The predicted octanol–water partition coefficient (Wildman–Crippen LogP) is 4.30. The van der Waals surface area contributed by atoms with Gasteiger partial charge in [-0.2, -0.15) is 5.10 Å². The molecule has 2 amide bonds. The fraction of sp³-hybridized carbons (Fsp3) is 0.233. The first kappa shape index (κ1) is 25.1. The molecule has 0 fully saturated rings. The Balaban J connectivity index is 1.48. The van der Waals surface area contributed by atoms with Crippen molar-refractivity contribution in [1.29, 1.82) is 0 Å². The molecule has 1 aliphatic heterocycles. The van der Waals surface area contributed by atoms with Gasteiger partial charge in [0.25, 0.3) is 5.91 Å². The summed E-state index contributed by atoms with van der Waals surface area (Å²) < 4.78 is 12.4. The molecule has 0 spiro atoms. The molecule has 3 aromatic carbocycles. The molecular weight excluding hydrogens is 480 g/mol. The fourth-order valence-electron chi connectivity index (χ4n) is 4.77. The molecule has 0 aliphatic carbocycles. The smallest absolute Gasteiger partial charge is 0.273 e. The molecule has 0 saturated carbocycles. The van der Waals surface area contributed by atoms with Gasteiger partial charge < -0.3 is 19.7 Å². The Kier molecular flexibility index (Phi) is 6.87. The summed E-state index contributed by atoms with van der Waals surface area (Å²) in [6, 6.07) is 26.5. The second-order valence-electron chi connectivity index (χ2n) is 9.45. The van der Waals surface area contributed by atoms with Gasteiger partial charge in [0.05, 0.1) is 26.5 Å². The Morgan fingerprint density at radius 3 is 2.39 bits per heavy atom. The second-order valence-corrected chi connectivity index (χ2v) is 9.45. The summed E-state index contributed by atoms with van der Waals surface area (Å²) in [6.07, 6.45) is 0. The summed E-state index contributed by atoms with van der Waals surface area (Å²) in [4.78, 5) is 29.4.